The van der Waals surface area contributed by atoms with Crippen LogP contribution in [-0.4, -0.2) is 0 Å². The summed E-state index contributed by atoms with van der Waals surface area (Å²) < 4.78 is 87.9. The molecule has 0 saturated carbocycles. The van der Waals surface area contributed by atoms with E-state index in [2.05, 4.69) is 0 Å². The molecule has 0 spiro atoms. The zero-order chi connectivity index (χ0) is 12.7. The highest BCUT2D eigenvalue weighted by Gasteiger charge is 2.41. The molecule has 0 aliphatic carbocycles. The van der Waals surface area contributed by atoms with E-state index in [0.29, 0.717) is 0 Å². The van der Waals surface area contributed by atoms with E-state index in [1.54, 1.807) is 0 Å². The molecule has 0 heterocycles. The third kappa shape index (κ3) is 1.85. The van der Waals surface area contributed by atoms with Crippen molar-refractivity contribution < 1.29 is 30.7 Å². The van der Waals surface area contributed by atoms with Crippen molar-refractivity contribution in [1.29, 1.82) is 0 Å². The zero-order valence-electron chi connectivity index (χ0n) is 7.85. The topological polar surface area (TPSA) is 0 Å². The minimum Gasteiger partial charge on any atom is -0.203 e. The molecular weight excluding hydrogens is 241 g/mol. The first-order valence-electron chi connectivity index (χ1n) is 4.13. The van der Waals surface area contributed by atoms with Gasteiger partial charge in [0.1, 0.15) is 5.56 Å². The van der Waals surface area contributed by atoms with E-state index in [0.717, 1.165) is 6.92 Å². The third-order valence-electron chi connectivity index (χ3n) is 1.99. The Hall–Kier alpha value is -1.27. The largest absolute Gasteiger partial charge is 0.422 e. The lowest BCUT2D eigenvalue weighted by Crippen LogP contribution is -2.16. The Labute approximate surface area is 85.7 Å². The molecule has 0 N–H and O–H groups in total. The summed E-state index contributed by atoms with van der Waals surface area (Å²) in [5.41, 5.74) is -3.58. The van der Waals surface area contributed by atoms with Gasteiger partial charge >= 0.3 is 6.18 Å². The monoisotopic (exact) mass is 246 g/mol. The number of hydrogen-bond acceptors (Lipinski definition) is 0. The normalized spacial score (nSPS) is 12.0. The summed E-state index contributed by atoms with van der Waals surface area (Å²) in [6.07, 6.45) is -5.94. The minimum absolute atomic E-state index is 0.455. The van der Waals surface area contributed by atoms with E-state index in [1.807, 2.05) is 0 Å². The van der Waals surface area contributed by atoms with Crippen molar-refractivity contribution >= 4 is 0 Å². The van der Waals surface area contributed by atoms with Gasteiger partial charge in [0.25, 0.3) is 0 Å². The summed E-state index contributed by atoms with van der Waals surface area (Å²) in [6.45, 7) is 1.16. The van der Waals surface area contributed by atoms with Crippen LogP contribution in [0.15, 0.2) is 0 Å². The average molecular weight is 246 g/mol. The Morgan fingerprint density at radius 2 is 1.19 bits per heavy atom. The van der Waals surface area contributed by atoms with Crippen molar-refractivity contribution in [3.05, 3.63) is 34.4 Å². The number of benzene rings is 1. The molecule has 0 aliphatic rings. The van der Waals surface area contributed by atoms with Gasteiger partial charge in [-0.15, -0.1) is 0 Å². The van der Waals surface area contributed by atoms with Gasteiger partial charge in [-0.05, 0) is 6.42 Å². The molecule has 0 fully saturated rings. The molecule has 0 saturated heterocycles. The molecule has 1 aromatic carbocycles. The molecule has 0 aliphatic heterocycles. The fourth-order valence-corrected chi connectivity index (χ4v) is 1.24. The van der Waals surface area contributed by atoms with Crippen LogP contribution in [0.25, 0.3) is 0 Å². The van der Waals surface area contributed by atoms with Crippen molar-refractivity contribution in [3.63, 3.8) is 0 Å². The van der Waals surface area contributed by atoms with Gasteiger partial charge in [-0.1, -0.05) is 6.92 Å². The quantitative estimate of drug-likeness (QED) is 0.522. The SMILES string of the molecule is CCc1c(F)c(F)c(C(F)(F)F)c(F)c1F. The van der Waals surface area contributed by atoms with Crippen molar-refractivity contribution in [2.75, 3.05) is 0 Å². The minimum atomic E-state index is -5.48. The first kappa shape index (κ1) is 12.8. The standard InChI is InChI=1S/C9H5F7/c1-2-3-5(10)7(12)4(9(14,15)16)8(13)6(3)11/h2H2,1H3. The molecule has 1 aromatic rings. The van der Waals surface area contributed by atoms with E-state index in [1.165, 1.54) is 0 Å². The van der Waals surface area contributed by atoms with E-state index in [4.69, 9.17) is 0 Å². The van der Waals surface area contributed by atoms with Gasteiger partial charge in [-0.25, -0.2) is 17.6 Å². The van der Waals surface area contributed by atoms with Crippen molar-refractivity contribution in [1.82, 2.24) is 0 Å². The van der Waals surface area contributed by atoms with E-state index < -0.39 is 47.0 Å². The summed E-state index contributed by atoms with van der Waals surface area (Å²) in [4.78, 5) is 0. The van der Waals surface area contributed by atoms with E-state index in [-0.39, 0.29) is 0 Å². The van der Waals surface area contributed by atoms with Gasteiger partial charge in [-0.2, -0.15) is 13.2 Å². The fourth-order valence-electron chi connectivity index (χ4n) is 1.24. The summed E-state index contributed by atoms with van der Waals surface area (Å²) in [5.74, 6) is -8.84. The molecule has 7 heteroatoms. The number of halogens is 7. The molecule has 1 rings (SSSR count). The summed E-state index contributed by atoms with van der Waals surface area (Å²) in [7, 11) is 0. The maximum absolute atomic E-state index is 13.0. The number of hydrogen-bond donors (Lipinski definition) is 0. The predicted octanol–water partition coefficient (Wildman–Crippen LogP) is 3.82. The van der Waals surface area contributed by atoms with Crippen LogP contribution in [0.3, 0.4) is 0 Å². The highest BCUT2D eigenvalue weighted by molar-refractivity contribution is 5.31. The van der Waals surface area contributed by atoms with E-state index >= 15 is 0 Å². The Morgan fingerprint density at radius 1 is 0.812 bits per heavy atom. The van der Waals surface area contributed by atoms with Crippen LogP contribution in [0.2, 0.25) is 0 Å². The molecule has 16 heavy (non-hydrogen) atoms. The first-order chi connectivity index (χ1) is 7.21. The second-order valence-corrected chi connectivity index (χ2v) is 2.96. The van der Waals surface area contributed by atoms with Crippen LogP contribution >= 0.6 is 0 Å². The first-order valence-corrected chi connectivity index (χ1v) is 4.13. The Balaban J connectivity index is 3.67. The van der Waals surface area contributed by atoms with Crippen LogP contribution in [0.5, 0.6) is 0 Å². The molecule has 90 valence electrons. The van der Waals surface area contributed by atoms with Crippen molar-refractivity contribution in [2.45, 2.75) is 19.5 Å². The molecule has 0 amide bonds. The van der Waals surface area contributed by atoms with Crippen LogP contribution < -0.4 is 0 Å². The van der Waals surface area contributed by atoms with Gasteiger partial charge in [0.15, 0.2) is 23.3 Å². The predicted molar refractivity (Wildman–Crippen MR) is 40.7 cm³/mol. The zero-order valence-corrected chi connectivity index (χ0v) is 7.85. The fraction of sp³-hybridized carbons (Fsp3) is 0.333. The van der Waals surface area contributed by atoms with Crippen LogP contribution in [0.4, 0.5) is 30.7 Å². The molecule has 0 aromatic heterocycles. The Bertz CT molecular complexity index is 390. The van der Waals surface area contributed by atoms with Gasteiger partial charge in [0.2, 0.25) is 0 Å². The van der Waals surface area contributed by atoms with Crippen LogP contribution in [-0.2, 0) is 12.6 Å². The second kappa shape index (κ2) is 3.95. The molecular formula is C9H5F7. The third-order valence-corrected chi connectivity index (χ3v) is 1.99. The van der Waals surface area contributed by atoms with Gasteiger partial charge in [0.05, 0.1) is 0 Å². The lowest BCUT2D eigenvalue weighted by molar-refractivity contribution is -0.143. The average Bonchev–Trinajstić information content (AvgIpc) is 2.14. The molecule has 0 radical (unpaired) electrons. The van der Waals surface area contributed by atoms with Gasteiger partial charge in [0, 0.05) is 5.56 Å². The van der Waals surface area contributed by atoms with Crippen LogP contribution in [0, 0.1) is 23.3 Å². The van der Waals surface area contributed by atoms with Crippen molar-refractivity contribution in [3.8, 4) is 0 Å². The summed E-state index contributed by atoms with van der Waals surface area (Å²) >= 11 is 0. The molecule has 0 bridgehead atoms. The van der Waals surface area contributed by atoms with Crippen molar-refractivity contribution in [2.24, 2.45) is 0 Å². The Morgan fingerprint density at radius 3 is 1.44 bits per heavy atom. The molecule has 0 nitrogen and oxygen atoms in total. The molecule has 0 unspecified atom stereocenters. The molecule has 0 atom stereocenters. The summed E-state index contributed by atoms with van der Waals surface area (Å²) in [5, 5.41) is 0. The Kier molecular flexibility index (Phi) is 3.16. The number of rotatable bonds is 1. The van der Waals surface area contributed by atoms with E-state index in [9.17, 15) is 30.7 Å². The second-order valence-electron chi connectivity index (χ2n) is 2.96. The summed E-state index contributed by atoms with van der Waals surface area (Å²) in [6, 6.07) is 0. The highest BCUT2D eigenvalue weighted by Crippen LogP contribution is 2.36. The highest BCUT2D eigenvalue weighted by atomic mass is 19.4. The smallest absolute Gasteiger partial charge is 0.203 e. The maximum Gasteiger partial charge on any atom is 0.422 e. The van der Waals surface area contributed by atoms with Gasteiger partial charge in [-0.3, -0.25) is 0 Å². The van der Waals surface area contributed by atoms with Crippen LogP contribution in [0.1, 0.15) is 18.1 Å². The van der Waals surface area contributed by atoms with Gasteiger partial charge < -0.3 is 0 Å². The lowest BCUT2D eigenvalue weighted by Gasteiger charge is -2.12. The lowest BCUT2D eigenvalue weighted by atomic mass is 10.1. The number of alkyl halides is 3. The maximum atomic E-state index is 13.0.